The van der Waals surface area contributed by atoms with Crippen LogP contribution in [0.4, 0.5) is 14.6 Å². The fourth-order valence-electron chi connectivity index (χ4n) is 4.62. The van der Waals surface area contributed by atoms with Gasteiger partial charge in [-0.2, -0.15) is 0 Å². The maximum Gasteiger partial charge on any atom is 0.242 e. The number of ether oxygens (including phenoxy) is 1. The minimum Gasteiger partial charge on any atom is -0.507 e. The Morgan fingerprint density at radius 1 is 1.11 bits per heavy atom. The fraction of sp³-hybridized carbons (Fsp3) is 0.440. The molecular formula is C25H29F2N5O2S3. The fourth-order valence-corrected chi connectivity index (χ4v) is 4.90. The van der Waals surface area contributed by atoms with Crippen LogP contribution in [0, 0.1) is 11.7 Å². The van der Waals surface area contributed by atoms with Crippen molar-refractivity contribution in [1.82, 2.24) is 20.2 Å². The van der Waals surface area contributed by atoms with E-state index in [0.29, 0.717) is 29.3 Å². The van der Waals surface area contributed by atoms with Gasteiger partial charge in [0.1, 0.15) is 17.7 Å². The van der Waals surface area contributed by atoms with Gasteiger partial charge >= 0.3 is 0 Å². The number of hydrogen-bond donors (Lipinski definition) is 4. The van der Waals surface area contributed by atoms with E-state index in [2.05, 4.69) is 65.0 Å². The lowest BCUT2D eigenvalue weighted by atomic mass is 9.94. The van der Waals surface area contributed by atoms with Gasteiger partial charge in [0, 0.05) is 18.7 Å². The van der Waals surface area contributed by atoms with E-state index < -0.39 is 15.6 Å². The Morgan fingerprint density at radius 2 is 1.89 bits per heavy atom. The maximum absolute atomic E-state index is 14.9. The third-order valence-corrected chi connectivity index (χ3v) is 6.97. The molecule has 1 saturated carbocycles. The Labute approximate surface area is 231 Å². The third kappa shape index (κ3) is 6.77. The smallest absolute Gasteiger partial charge is 0.242 e. The average molecular weight is 566 g/mol. The standard InChI is InChI=1S/C25H29F2N5O2S3/c1-3-14-5-4-6-18(26)20(9-14)32(2)22-13-29-24(31-30-22)16-8-7-15(10-21(16)33)17-11-23(28-12-19(17)27)34-25(35,36)37/h7-8,10-14,18,20,33,35-37H,3-6,9H2,1-2H3/t14-,18+,20-/m1/s1. The molecule has 0 aliphatic heterocycles. The highest BCUT2D eigenvalue weighted by Crippen LogP contribution is 2.36. The Kier molecular flexibility index (Phi) is 8.70. The van der Waals surface area contributed by atoms with Crippen LogP contribution in [0.3, 0.4) is 0 Å². The number of anilines is 1. The van der Waals surface area contributed by atoms with E-state index >= 15 is 0 Å². The number of hydrogen-bond acceptors (Lipinski definition) is 10. The summed E-state index contributed by atoms with van der Waals surface area (Å²) in [7, 11) is 1.81. The molecule has 7 nitrogen and oxygen atoms in total. The Morgan fingerprint density at radius 3 is 2.54 bits per heavy atom. The zero-order valence-electron chi connectivity index (χ0n) is 20.4. The van der Waals surface area contributed by atoms with Crippen molar-refractivity contribution < 1.29 is 18.6 Å². The minimum absolute atomic E-state index is 0.0571. The normalized spacial score (nSPS) is 20.4. The number of halogens is 2. The van der Waals surface area contributed by atoms with Crippen LogP contribution in [0.2, 0.25) is 0 Å². The van der Waals surface area contributed by atoms with Crippen LogP contribution in [-0.4, -0.2) is 48.1 Å². The van der Waals surface area contributed by atoms with Gasteiger partial charge in [-0.05, 0) is 36.5 Å². The average Bonchev–Trinajstić information content (AvgIpc) is 3.05. The first-order valence-corrected chi connectivity index (χ1v) is 13.3. The van der Waals surface area contributed by atoms with Crippen LogP contribution in [0.1, 0.15) is 39.0 Å². The first-order valence-electron chi connectivity index (χ1n) is 12.0. The zero-order valence-corrected chi connectivity index (χ0v) is 23.1. The second-order valence-corrected chi connectivity index (χ2v) is 12.1. The molecule has 0 amide bonds. The lowest BCUT2D eigenvalue weighted by Crippen LogP contribution is -2.40. The molecule has 198 valence electrons. The van der Waals surface area contributed by atoms with Crippen LogP contribution in [-0.2, 0) is 0 Å². The molecule has 3 aromatic rings. The molecule has 37 heavy (non-hydrogen) atoms. The van der Waals surface area contributed by atoms with Crippen LogP contribution < -0.4 is 9.64 Å². The molecule has 12 heteroatoms. The van der Waals surface area contributed by atoms with E-state index in [0.717, 1.165) is 31.9 Å². The second-order valence-electron chi connectivity index (χ2n) is 9.19. The summed E-state index contributed by atoms with van der Waals surface area (Å²) in [6.07, 6.45) is 5.83. The molecule has 1 aliphatic carbocycles. The monoisotopic (exact) mass is 565 g/mol. The first-order chi connectivity index (χ1) is 17.6. The van der Waals surface area contributed by atoms with Gasteiger partial charge in [-0.25, -0.2) is 18.7 Å². The topological polar surface area (TPSA) is 84.3 Å². The van der Waals surface area contributed by atoms with Crippen molar-refractivity contribution in [2.45, 2.75) is 54.8 Å². The van der Waals surface area contributed by atoms with E-state index in [1.165, 1.54) is 18.3 Å². The molecule has 2 aromatic heterocycles. The summed E-state index contributed by atoms with van der Waals surface area (Å²) >= 11 is 12.1. The number of alkyl halides is 1. The molecule has 4 rings (SSSR count). The highest BCUT2D eigenvalue weighted by atomic mass is 32.2. The number of rotatable bonds is 7. The van der Waals surface area contributed by atoms with Crippen LogP contribution >= 0.6 is 37.9 Å². The van der Waals surface area contributed by atoms with Gasteiger partial charge in [-0.1, -0.05) is 32.3 Å². The highest BCUT2D eigenvalue weighted by molar-refractivity contribution is 8.16. The molecule has 0 unspecified atom stereocenters. The molecule has 0 bridgehead atoms. The molecule has 1 N–H and O–H groups in total. The summed E-state index contributed by atoms with van der Waals surface area (Å²) < 4.78 is 33.3. The maximum atomic E-state index is 14.9. The molecule has 1 fully saturated rings. The Hall–Kier alpha value is -2.31. The SMILES string of the molecule is CC[C@@H]1CCC[C@H](F)[C@H](N(C)c2cnc(-c3ccc(-c4cc(OC(S)(S)S)ncc4F)cc3O)nn2)C1. The number of thiol groups is 3. The molecule has 1 aliphatic rings. The minimum atomic E-state index is -1.41. The van der Waals surface area contributed by atoms with E-state index in [1.54, 1.807) is 12.1 Å². The van der Waals surface area contributed by atoms with Gasteiger partial charge in [0.25, 0.3) is 0 Å². The van der Waals surface area contributed by atoms with Crippen molar-refractivity contribution in [1.29, 1.82) is 0 Å². The van der Waals surface area contributed by atoms with Gasteiger partial charge < -0.3 is 14.7 Å². The van der Waals surface area contributed by atoms with Crippen molar-refractivity contribution in [2.24, 2.45) is 5.92 Å². The Balaban J connectivity index is 1.55. The number of pyridine rings is 1. The summed E-state index contributed by atoms with van der Waals surface area (Å²) in [5.74, 6) is 0.417. The molecule has 0 spiro atoms. The van der Waals surface area contributed by atoms with Crippen molar-refractivity contribution in [3.05, 3.63) is 42.5 Å². The van der Waals surface area contributed by atoms with Gasteiger partial charge in [0.15, 0.2) is 11.6 Å². The highest BCUT2D eigenvalue weighted by Gasteiger charge is 2.31. The third-order valence-electron chi connectivity index (χ3n) is 6.69. The number of aromatic nitrogens is 4. The zero-order chi connectivity index (χ0) is 26.7. The molecule has 2 heterocycles. The van der Waals surface area contributed by atoms with Gasteiger partial charge in [0.2, 0.25) is 9.48 Å². The molecule has 0 radical (unpaired) electrons. The summed E-state index contributed by atoms with van der Waals surface area (Å²) in [6.45, 7) is 2.14. The van der Waals surface area contributed by atoms with Crippen molar-refractivity contribution in [3.63, 3.8) is 0 Å². The lowest BCUT2D eigenvalue weighted by molar-refractivity contribution is 0.253. The predicted octanol–water partition coefficient (Wildman–Crippen LogP) is 5.97. The molecule has 3 atom stereocenters. The van der Waals surface area contributed by atoms with Crippen LogP contribution in [0.5, 0.6) is 11.6 Å². The number of phenolic OH excluding ortho intramolecular Hbond substituents is 1. The molecule has 0 saturated heterocycles. The van der Waals surface area contributed by atoms with Crippen molar-refractivity contribution in [2.75, 3.05) is 11.9 Å². The van der Waals surface area contributed by atoms with Gasteiger partial charge in [0.05, 0.1) is 24.0 Å². The molecule has 1 aromatic carbocycles. The lowest BCUT2D eigenvalue weighted by Gasteiger charge is -2.31. The van der Waals surface area contributed by atoms with E-state index in [9.17, 15) is 13.9 Å². The summed E-state index contributed by atoms with van der Waals surface area (Å²) in [5, 5.41) is 19.1. The molecular weight excluding hydrogens is 537 g/mol. The summed E-state index contributed by atoms with van der Waals surface area (Å²) in [5.41, 5.74) is 0.850. The van der Waals surface area contributed by atoms with E-state index in [-0.39, 0.29) is 29.1 Å². The van der Waals surface area contributed by atoms with Crippen molar-refractivity contribution >= 4 is 43.7 Å². The largest absolute Gasteiger partial charge is 0.507 e. The van der Waals surface area contributed by atoms with Gasteiger partial charge in [-0.15, -0.1) is 48.1 Å². The van der Waals surface area contributed by atoms with E-state index in [1.807, 2.05) is 11.9 Å². The number of aromatic hydroxyl groups is 1. The number of benzene rings is 1. The van der Waals surface area contributed by atoms with Crippen LogP contribution in [0.15, 0.2) is 36.7 Å². The predicted molar refractivity (Wildman–Crippen MR) is 150 cm³/mol. The number of phenols is 1. The van der Waals surface area contributed by atoms with Gasteiger partial charge in [-0.3, -0.25) is 0 Å². The Bertz CT molecular complexity index is 1230. The summed E-state index contributed by atoms with van der Waals surface area (Å²) in [6, 6.07) is 5.64. The summed E-state index contributed by atoms with van der Waals surface area (Å²) in [4.78, 5) is 10.0. The number of nitrogens with zero attached hydrogens (tertiary/aromatic N) is 5. The van der Waals surface area contributed by atoms with Crippen molar-refractivity contribution in [3.8, 4) is 34.1 Å². The van der Waals surface area contributed by atoms with E-state index in [4.69, 9.17) is 4.74 Å². The first kappa shape index (κ1) is 27.7. The quantitative estimate of drug-likeness (QED) is 0.160. The van der Waals surface area contributed by atoms with Crippen LogP contribution in [0.25, 0.3) is 22.5 Å². The second kappa shape index (κ2) is 11.6.